The second-order valence-corrected chi connectivity index (χ2v) is 2.33. The van der Waals surface area contributed by atoms with Crippen LogP contribution in [0.4, 0.5) is 22.0 Å². The molecule has 1 unspecified atom stereocenters. The molecule has 1 radical (unpaired) electrons. The van der Waals surface area contributed by atoms with Crippen LogP contribution in [0.3, 0.4) is 0 Å². The van der Waals surface area contributed by atoms with Crippen LogP contribution >= 0.6 is 0 Å². The highest BCUT2D eigenvalue weighted by atomic mass is 19.4. The standard InChI is InChI=1S/C7H8F5/c1-5(6(8)9)3-2-4-7(10,11)12/h2-3,5H,4H2,1H3. The Kier molecular flexibility index (Phi) is 4.20. The predicted octanol–water partition coefficient (Wildman–Crippen LogP) is 3.56. The van der Waals surface area contributed by atoms with Gasteiger partial charge in [0.15, 0.2) is 0 Å². The molecule has 0 rings (SSSR count). The molecular weight excluding hydrogens is 179 g/mol. The van der Waals surface area contributed by atoms with E-state index in [-0.39, 0.29) is 0 Å². The zero-order valence-corrected chi connectivity index (χ0v) is 6.33. The maximum atomic E-state index is 11.6. The monoisotopic (exact) mass is 187 g/mol. The van der Waals surface area contributed by atoms with Gasteiger partial charge in [-0.2, -0.15) is 22.0 Å². The third kappa shape index (κ3) is 6.12. The van der Waals surface area contributed by atoms with E-state index >= 15 is 0 Å². The van der Waals surface area contributed by atoms with Crippen LogP contribution < -0.4 is 0 Å². The second-order valence-electron chi connectivity index (χ2n) is 2.33. The molecule has 1 atom stereocenters. The van der Waals surface area contributed by atoms with Crippen molar-refractivity contribution in [3.63, 3.8) is 0 Å². The lowest BCUT2D eigenvalue weighted by atomic mass is 10.1. The summed E-state index contributed by atoms with van der Waals surface area (Å²) in [5, 5.41) is 0. The van der Waals surface area contributed by atoms with E-state index in [0.29, 0.717) is 6.08 Å². The summed E-state index contributed by atoms with van der Waals surface area (Å²) in [5.74, 6) is -1.20. The van der Waals surface area contributed by atoms with Crippen molar-refractivity contribution in [3.8, 4) is 0 Å². The molecule has 71 valence electrons. The molecule has 0 heterocycles. The minimum atomic E-state index is -4.32. The maximum absolute atomic E-state index is 11.6. The predicted molar refractivity (Wildman–Crippen MR) is 34.4 cm³/mol. The summed E-state index contributed by atoms with van der Waals surface area (Å²) in [6.45, 7) is 1.13. The van der Waals surface area contributed by atoms with Crippen molar-refractivity contribution >= 4 is 0 Å². The molecular formula is C7H8F5. The Bertz CT molecular complexity index is 146. The van der Waals surface area contributed by atoms with Crippen molar-refractivity contribution in [2.75, 3.05) is 0 Å². The molecule has 0 aromatic heterocycles. The Morgan fingerprint density at radius 3 is 2.17 bits per heavy atom. The summed E-state index contributed by atoms with van der Waals surface area (Å²) < 4.78 is 57.6. The van der Waals surface area contributed by atoms with Gasteiger partial charge >= 0.3 is 12.6 Å². The average molecular weight is 187 g/mol. The summed E-state index contributed by atoms with van der Waals surface area (Å²) in [4.78, 5) is 0. The van der Waals surface area contributed by atoms with E-state index in [1.54, 1.807) is 0 Å². The first-order valence-corrected chi connectivity index (χ1v) is 3.24. The van der Waals surface area contributed by atoms with Gasteiger partial charge in [0.05, 0.1) is 6.42 Å². The fraction of sp³-hybridized carbons (Fsp3) is 0.571. The van der Waals surface area contributed by atoms with Gasteiger partial charge in [-0.25, -0.2) is 0 Å². The average Bonchev–Trinajstić information content (AvgIpc) is 1.84. The maximum Gasteiger partial charge on any atom is 0.392 e. The van der Waals surface area contributed by atoms with Crippen molar-refractivity contribution in [1.29, 1.82) is 0 Å². The lowest BCUT2D eigenvalue weighted by molar-refractivity contribution is -0.125. The molecule has 0 bridgehead atoms. The number of alkyl halides is 3. The van der Waals surface area contributed by atoms with Crippen LogP contribution in [0, 0.1) is 12.3 Å². The van der Waals surface area contributed by atoms with Gasteiger partial charge in [-0.15, -0.1) is 0 Å². The molecule has 0 fully saturated rings. The molecule has 12 heavy (non-hydrogen) atoms. The van der Waals surface area contributed by atoms with Crippen molar-refractivity contribution in [2.24, 2.45) is 5.92 Å². The van der Waals surface area contributed by atoms with Gasteiger partial charge < -0.3 is 0 Å². The molecule has 0 aromatic rings. The van der Waals surface area contributed by atoms with Crippen molar-refractivity contribution < 1.29 is 22.0 Å². The van der Waals surface area contributed by atoms with Gasteiger partial charge in [0.1, 0.15) is 0 Å². The van der Waals surface area contributed by atoms with Crippen LogP contribution in [0.2, 0.25) is 0 Å². The van der Waals surface area contributed by atoms with E-state index < -0.39 is 24.9 Å². The molecule has 0 N–H and O–H groups in total. The highest BCUT2D eigenvalue weighted by molar-refractivity contribution is 4.93. The topological polar surface area (TPSA) is 0 Å². The third-order valence-corrected chi connectivity index (χ3v) is 1.12. The first kappa shape index (κ1) is 11.4. The molecule has 0 saturated carbocycles. The summed E-state index contributed by atoms with van der Waals surface area (Å²) >= 11 is 0. The van der Waals surface area contributed by atoms with Crippen LogP contribution in [0.1, 0.15) is 13.3 Å². The second kappa shape index (κ2) is 4.42. The Labute approximate surface area is 67.1 Å². The Morgan fingerprint density at radius 1 is 1.33 bits per heavy atom. The highest BCUT2D eigenvalue weighted by Gasteiger charge is 2.25. The van der Waals surface area contributed by atoms with E-state index in [4.69, 9.17) is 0 Å². The number of hydrogen-bond acceptors (Lipinski definition) is 0. The van der Waals surface area contributed by atoms with Gasteiger partial charge in [0.25, 0.3) is 0 Å². The van der Waals surface area contributed by atoms with Crippen molar-refractivity contribution in [1.82, 2.24) is 0 Å². The molecule has 0 aromatic carbocycles. The third-order valence-electron chi connectivity index (χ3n) is 1.12. The van der Waals surface area contributed by atoms with Crippen LogP contribution in [0.25, 0.3) is 0 Å². The van der Waals surface area contributed by atoms with Gasteiger partial charge in [0, 0.05) is 5.92 Å². The summed E-state index contributed by atoms with van der Waals surface area (Å²) in [7, 11) is 0. The Morgan fingerprint density at radius 2 is 1.83 bits per heavy atom. The van der Waals surface area contributed by atoms with Crippen LogP contribution in [-0.4, -0.2) is 6.18 Å². The largest absolute Gasteiger partial charge is 0.392 e. The van der Waals surface area contributed by atoms with E-state index in [1.165, 1.54) is 0 Å². The molecule has 0 aliphatic carbocycles. The quantitative estimate of drug-likeness (QED) is 0.468. The molecule has 5 heteroatoms. The van der Waals surface area contributed by atoms with Gasteiger partial charge in [-0.1, -0.05) is 19.1 Å². The lowest BCUT2D eigenvalue weighted by Crippen LogP contribution is -2.04. The molecule has 0 saturated heterocycles. The SMILES string of the molecule is CC(C=CCC(F)(F)F)[C](F)F. The van der Waals surface area contributed by atoms with Crippen LogP contribution in [0.15, 0.2) is 12.2 Å². The van der Waals surface area contributed by atoms with E-state index in [1.807, 2.05) is 0 Å². The van der Waals surface area contributed by atoms with Crippen LogP contribution in [-0.2, 0) is 0 Å². The fourth-order valence-corrected chi connectivity index (χ4v) is 0.479. The van der Waals surface area contributed by atoms with E-state index in [9.17, 15) is 22.0 Å². The normalized spacial score (nSPS) is 15.9. The molecule has 0 nitrogen and oxygen atoms in total. The number of allylic oxidation sites excluding steroid dienone is 2. The molecule has 0 amide bonds. The van der Waals surface area contributed by atoms with Gasteiger partial charge in [-0.05, 0) is 0 Å². The van der Waals surface area contributed by atoms with Gasteiger partial charge in [0.2, 0.25) is 0 Å². The Hall–Kier alpha value is -0.610. The molecule has 0 aliphatic heterocycles. The fourth-order valence-electron chi connectivity index (χ4n) is 0.479. The highest BCUT2D eigenvalue weighted by Crippen LogP contribution is 2.22. The number of halogens is 5. The van der Waals surface area contributed by atoms with E-state index in [0.717, 1.165) is 13.0 Å². The zero-order chi connectivity index (χ0) is 9.78. The van der Waals surface area contributed by atoms with Crippen molar-refractivity contribution in [3.05, 3.63) is 18.6 Å². The molecule has 0 spiro atoms. The summed E-state index contributed by atoms with van der Waals surface area (Å²) in [6.07, 6.45) is -5.83. The van der Waals surface area contributed by atoms with Gasteiger partial charge in [-0.3, -0.25) is 0 Å². The smallest absolute Gasteiger partial charge is 0.199 e. The minimum absolute atomic E-state index is 0.698. The van der Waals surface area contributed by atoms with Crippen LogP contribution in [0.5, 0.6) is 0 Å². The lowest BCUT2D eigenvalue weighted by Gasteiger charge is -2.03. The zero-order valence-electron chi connectivity index (χ0n) is 6.33. The van der Waals surface area contributed by atoms with Crippen molar-refractivity contribution in [2.45, 2.75) is 19.5 Å². The first-order chi connectivity index (χ1) is 5.33. The number of rotatable bonds is 3. The first-order valence-electron chi connectivity index (χ1n) is 3.24. The molecule has 0 aliphatic rings. The summed E-state index contributed by atoms with van der Waals surface area (Å²) in [6, 6.07) is 0. The van der Waals surface area contributed by atoms with E-state index in [2.05, 4.69) is 0 Å². The number of hydrogen-bond donors (Lipinski definition) is 0. The Balaban J connectivity index is 3.77. The summed E-state index contributed by atoms with van der Waals surface area (Å²) in [5.41, 5.74) is 0. The minimum Gasteiger partial charge on any atom is -0.199 e.